The van der Waals surface area contributed by atoms with E-state index in [1.54, 1.807) is 12.3 Å². The summed E-state index contributed by atoms with van der Waals surface area (Å²) in [6, 6.07) is 3.61. The number of hydrogen-bond donors (Lipinski definition) is 1. The second-order valence-electron chi connectivity index (χ2n) is 1.20. The number of hydrogen-bond acceptors (Lipinski definition) is 3. The van der Waals surface area contributed by atoms with Crippen LogP contribution >= 0.6 is 16.1 Å². The molecule has 0 saturated heterocycles. The van der Waals surface area contributed by atoms with Crippen molar-refractivity contribution in [1.29, 1.82) is 0 Å². The van der Waals surface area contributed by atoms with Crippen LogP contribution in [0.2, 0.25) is 0 Å². The Labute approximate surface area is 55.5 Å². The van der Waals surface area contributed by atoms with Crippen molar-refractivity contribution in [3.8, 4) is 0 Å². The quantitative estimate of drug-likeness (QED) is 0.650. The third kappa shape index (κ3) is 1.16. The van der Waals surface area contributed by atoms with Crippen LogP contribution in [0, 0.1) is 0 Å². The molecule has 1 N–H and O–H groups in total. The lowest BCUT2D eigenvalue weighted by Gasteiger charge is -1.89. The number of anilines is 1. The first-order valence-corrected chi connectivity index (χ1v) is 2.87. The number of aromatic nitrogens is 2. The second-order valence-corrected chi connectivity index (χ2v) is 1.60. The number of halogens is 1. The fourth-order valence-corrected chi connectivity index (χ4v) is 0.563. The SMILES string of the molecule is BrNc1cccnn1. The van der Waals surface area contributed by atoms with E-state index in [-0.39, 0.29) is 0 Å². The molecule has 1 aromatic heterocycles. The van der Waals surface area contributed by atoms with E-state index in [4.69, 9.17) is 0 Å². The predicted molar refractivity (Wildman–Crippen MR) is 34.6 cm³/mol. The summed E-state index contributed by atoms with van der Waals surface area (Å²) in [4.78, 5) is 0. The largest absolute Gasteiger partial charge is 0.305 e. The minimum atomic E-state index is 0.715. The third-order valence-corrected chi connectivity index (χ3v) is 1.08. The first-order valence-electron chi connectivity index (χ1n) is 2.08. The molecular weight excluding hydrogens is 170 g/mol. The van der Waals surface area contributed by atoms with Crippen molar-refractivity contribution in [2.24, 2.45) is 0 Å². The maximum Gasteiger partial charge on any atom is 0.158 e. The summed E-state index contributed by atoms with van der Waals surface area (Å²) in [6.45, 7) is 0. The van der Waals surface area contributed by atoms with Crippen LogP contribution in [0.5, 0.6) is 0 Å². The number of rotatable bonds is 1. The van der Waals surface area contributed by atoms with Gasteiger partial charge in [-0.2, -0.15) is 5.10 Å². The molecule has 0 aliphatic carbocycles. The standard InChI is InChI=1S/C4H4BrN3/c5-7-4-2-1-3-6-8-4/h1-3H,(H,7,8). The molecule has 0 aliphatic rings. The van der Waals surface area contributed by atoms with Gasteiger partial charge in [-0.3, -0.25) is 0 Å². The van der Waals surface area contributed by atoms with Gasteiger partial charge < -0.3 is 4.34 Å². The average molecular weight is 174 g/mol. The van der Waals surface area contributed by atoms with Gasteiger partial charge in [0.1, 0.15) is 0 Å². The van der Waals surface area contributed by atoms with E-state index in [1.165, 1.54) is 0 Å². The molecule has 4 heteroatoms. The van der Waals surface area contributed by atoms with Gasteiger partial charge in [-0.05, 0) is 12.1 Å². The highest BCUT2D eigenvalue weighted by Crippen LogP contribution is 1.98. The summed E-state index contributed by atoms with van der Waals surface area (Å²) in [6.07, 6.45) is 1.62. The molecule has 0 aromatic carbocycles. The van der Waals surface area contributed by atoms with E-state index >= 15 is 0 Å². The van der Waals surface area contributed by atoms with Crippen molar-refractivity contribution in [2.75, 3.05) is 4.34 Å². The molecule has 0 atom stereocenters. The van der Waals surface area contributed by atoms with Crippen LogP contribution in [-0.2, 0) is 0 Å². The van der Waals surface area contributed by atoms with Gasteiger partial charge in [0, 0.05) is 22.3 Å². The number of nitrogens with one attached hydrogen (secondary N) is 1. The van der Waals surface area contributed by atoms with Crippen molar-refractivity contribution in [3.63, 3.8) is 0 Å². The Hall–Kier alpha value is -0.640. The first kappa shape index (κ1) is 5.50. The van der Waals surface area contributed by atoms with E-state index < -0.39 is 0 Å². The van der Waals surface area contributed by atoms with Gasteiger partial charge in [-0.15, -0.1) is 5.10 Å². The minimum absolute atomic E-state index is 0.715. The predicted octanol–water partition coefficient (Wildman–Crippen LogP) is 1.20. The van der Waals surface area contributed by atoms with E-state index in [9.17, 15) is 0 Å². The van der Waals surface area contributed by atoms with Crippen molar-refractivity contribution in [3.05, 3.63) is 18.3 Å². The van der Waals surface area contributed by atoms with Gasteiger partial charge in [0.05, 0.1) is 0 Å². The summed E-state index contributed by atoms with van der Waals surface area (Å²) in [5, 5.41) is 7.30. The summed E-state index contributed by atoms with van der Waals surface area (Å²) in [7, 11) is 0. The van der Waals surface area contributed by atoms with Crippen LogP contribution in [0.3, 0.4) is 0 Å². The molecule has 0 aliphatic heterocycles. The summed E-state index contributed by atoms with van der Waals surface area (Å²) < 4.78 is 2.67. The zero-order valence-corrected chi connectivity index (χ0v) is 5.59. The Morgan fingerprint density at radius 2 is 2.50 bits per heavy atom. The number of nitrogens with zero attached hydrogens (tertiary/aromatic N) is 2. The fourth-order valence-electron chi connectivity index (χ4n) is 0.352. The molecule has 42 valence electrons. The van der Waals surface area contributed by atoms with E-state index in [2.05, 4.69) is 30.7 Å². The smallest absolute Gasteiger partial charge is 0.158 e. The molecule has 8 heavy (non-hydrogen) atoms. The lowest BCUT2D eigenvalue weighted by molar-refractivity contribution is 1.04. The van der Waals surface area contributed by atoms with Crippen molar-refractivity contribution >= 4 is 22.0 Å². The lowest BCUT2D eigenvalue weighted by atomic mass is 10.6. The Morgan fingerprint density at radius 3 is 2.88 bits per heavy atom. The summed E-state index contributed by atoms with van der Waals surface area (Å²) >= 11 is 3.00. The Kier molecular flexibility index (Phi) is 1.80. The molecule has 0 saturated carbocycles. The van der Waals surface area contributed by atoms with Crippen LogP contribution in [0.15, 0.2) is 18.3 Å². The highest BCUT2D eigenvalue weighted by atomic mass is 79.9. The summed E-state index contributed by atoms with van der Waals surface area (Å²) in [5.41, 5.74) is 0. The van der Waals surface area contributed by atoms with E-state index in [0.29, 0.717) is 5.82 Å². The van der Waals surface area contributed by atoms with Crippen LogP contribution in [-0.4, -0.2) is 10.2 Å². The highest BCUT2D eigenvalue weighted by molar-refractivity contribution is 9.10. The molecular formula is C4H4BrN3. The first-order chi connectivity index (χ1) is 3.93. The van der Waals surface area contributed by atoms with Gasteiger partial charge in [0.2, 0.25) is 0 Å². The van der Waals surface area contributed by atoms with E-state index in [1.807, 2.05) is 6.07 Å². The third-order valence-electron chi connectivity index (χ3n) is 0.669. The molecule has 0 spiro atoms. The normalized spacial score (nSPS) is 8.62. The monoisotopic (exact) mass is 173 g/mol. The van der Waals surface area contributed by atoms with Crippen molar-refractivity contribution in [2.45, 2.75) is 0 Å². The van der Waals surface area contributed by atoms with Crippen LogP contribution in [0.25, 0.3) is 0 Å². The minimum Gasteiger partial charge on any atom is -0.305 e. The maximum atomic E-state index is 3.69. The van der Waals surface area contributed by atoms with Crippen LogP contribution in [0.4, 0.5) is 5.82 Å². The molecule has 0 amide bonds. The Morgan fingerprint density at radius 1 is 1.62 bits per heavy atom. The molecule has 0 fully saturated rings. The van der Waals surface area contributed by atoms with Gasteiger partial charge in [-0.1, -0.05) is 0 Å². The molecule has 1 aromatic rings. The Balaban J connectivity index is 2.83. The average Bonchev–Trinajstić information content (AvgIpc) is 1.90. The Bertz CT molecular complexity index is 153. The van der Waals surface area contributed by atoms with Gasteiger partial charge in [-0.25, -0.2) is 0 Å². The zero-order valence-electron chi connectivity index (χ0n) is 4.00. The van der Waals surface area contributed by atoms with E-state index in [0.717, 1.165) is 0 Å². The zero-order chi connectivity index (χ0) is 5.82. The molecule has 3 nitrogen and oxygen atoms in total. The maximum absolute atomic E-state index is 3.69. The molecule has 1 rings (SSSR count). The van der Waals surface area contributed by atoms with Gasteiger partial charge in [0.25, 0.3) is 0 Å². The summed E-state index contributed by atoms with van der Waals surface area (Å²) in [5.74, 6) is 0.715. The lowest BCUT2D eigenvalue weighted by Crippen LogP contribution is -1.84. The molecule has 1 heterocycles. The highest BCUT2D eigenvalue weighted by Gasteiger charge is 1.82. The van der Waals surface area contributed by atoms with Crippen LogP contribution in [0.1, 0.15) is 0 Å². The fraction of sp³-hybridized carbons (Fsp3) is 0. The molecule has 0 bridgehead atoms. The topological polar surface area (TPSA) is 37.8 Å². The van der Waals surface area contributed by atoms with Crippen LogP contribution < -0.4 is 4.34 Å². The van der Waals surface area contributed by atoms with Gasteiger partial charge >= 0.3 is 0 Å². The molecule has 0 unspecified atom stereocenters. The van der Waals surface area contributed by atoms with Crippen molar-refractivity contribution < 1.29 is 0 Å². The second kappa shape index (κ2) is 2.61. The molecule has 0 radical (unpaired) electrons. The van der Waals surface area contributed by atoms with Gasteiger partial charge in [0.15, 0.2) is 5.82 Å². The van der Waals surface area contributed by atoms with Crippen molar-refractivity contribution in [1.82, 2.24) is 10.2 Å².